The lowest BCUT2D eigenvalue weighted by atomic mass is 10.0. The van der Waals surface area contributed by atoms with Crippen LogP contribution >= 0.6 is 11.6 Å². The summed E-state index contributed by atoms with van der Waals surface area (Å²) in [5.74, 6) is 0. The minimum absolute atomic E-state index is 0.582. The van der Waals surface area contributed by atoms with Gasteiger partial charge in [0.25, 0.3) is 0 Å². The van der Waals surface area contributed by atoms with Crippen molar-refractivity contribution in [1.82, 2.24) is 15.1 Å². The third-order valence-corrected chi connectivity index (χ3v) is 4.44. The predicted octanol–water partition coefficient (Wildman–Crippen LogP) is 3.14. The smallest absolute Gasteiger partial charge is 0.0860 e. The quantitative estimate of drug-likeness (QED) is 0.846. The van der Waals surface area contributed by atoms with E-state index in [1.807, 2.05) is 11.6 Å². The van der Waals surface area contributed by atoms with Gasteiger partial charge in [-0.2, -0.15) is 5.10 Å². The van der Waals surface area contributed by atoms with E-state index in [0.29, 0.717) is 5.41 Å². The SMILES string of the molecule is CCn1nc(C)c(Cl)c1CNCC1(CC)CC1. The molecule has 0 aliphatic heterocycles. The normalized spacial score (nSPS) is 17.4. The molecule has 1 aliphatic carbocycles. The van der Waals surface area contributed by atoms with Gasteiger partial charge in [0.05, 0.1) is 16.4 Å². The molecule has 0 bridgehead atoms. The highest BCUT2D eigenvalue weighted by atomic mass is 35.5. The maximum absolute atomic E-state index is 6.27. The lowest BCUT2D eigenvalue weighted by Gasteiger charge is -2.14. The fourth-order valence-corrected chi connectivity index (χ4v) is 2.52. The summed E-state index contributed by atoms with van der Waals surface area (Å²) in [5, 5.41) is 8.78. The van der Waals surface area contributed by atoms with Crippen LogP contribution in [0.4, 0.5) is 0 Å². The highest BCUT2D eigenvalue weighted by Crippen LogP contribution is 2.47. The molecule has 0 amide bonds. The predicted molar refractivity (Wildman–Crippen MR) is 71.3 cm³/mol. The molecule has 0 spiro atoms. The number of halogens is 1. The Morgan fingerprint density at radius 3 is 2.65 bits per heavy atom. The van der Waals surface area contributed by atoms with E-state index in [1.54, 1.807) is 0 Å². The molecule has 17 heavy (non-hydrogen) atoms. The van der Waals surface area contributed by atoms with Gasteiger partial charge in [0, 0.05) is 19.6 Å². The van der Waals surface area contributed by atoms with Crippen molar-refractivity contribution in [3.05, 3.63) is 16.4 Å². The Labute approximate surface area is 109 Å². The zero-order chi connectivity index (χ0) is 12.5. The van der Waals surface area contributed by atoms with Crippen molar-refractivity contribution >= 4 is 11.6 Å². The highest BCUT2D eigenvalue weighted by molar-refractivity contribution is 6.31. The van der Waals surface area contributed by atoms with Gasteiger partial charge in [-0.1, -0.05) is 18.5 Å². The van der Waals surface area contributed by atoms with E-state index >= 15 is 0 Å². The summed E-state index contributed by atoms with van der Waals surface area (Å²) in [7, 11) is 0. The molecule has 0 aromatic carbocycles. The first-order chi connectivity index (χ1) is 8.12. The summed E-state index contributed by atoms with van der Waals surface area (Å²) in [4.78, 5) is 0. The number of nitrogens with zero attached hydrogens (tertiary/aromatic N) is 2. The average molecular weight is 256 g/mol. The summed E-state index contributed by atoms with van der Waals surface area (Å²) < 4.78 is 2.00. The van der Waals surface area contributed by atoms with Crippen LogP contribution in [0.5, 0.6) is 0 Å². The fraction of sp³-hybridized carbons (Fsp3) is 0.769. The van der Waals surface area contributed by atoms with Gasteiger partial charge in [0.1, 0.15) is 0 Å². The number of hydrogen-bond acceptors (Lipinski definition) is 2. The first kappa shape index (κ1) is 12.9. The molecular weight excluding hydrogens is 234 g/mol. The summed E-state index contributed by atoms with van der Waals surface area (Å²) in [6.45, 7) is 9.15. The van der Waals surface area contributed by atoms with Gasteiger partial charge >= 0.3 is 0 Å². The molecule has 4 heteroatoms. The first-order valence-electron chi connectivity index (χ1n) is 6.54. The molecule has 96 valence electrons. The zero-order valence-corrected chi connectivity index (χ0v) is 11.8. The van der Waals surface area contributed by atoms with Gasteiger partial charge in [-0.15, -0.1) is 0 Å². The average Bonchev–Trinajstić information content (AvgIpc) is 3.06. The Morgan fingerprint density at radius 2 is 2.12 bits per heavy atom. The third-order valence-electron chi connectivity index (χ3n) is 3.95. The van der Waals surface area contributed by atoms with Crippen molar-refractivity contribution in [3.8, 4) is 0 Å². The molecule has 0 saturated heterocycles. The second-order valence-corrected chi connectivity index (χ2v) is 5.50. The van der Waals surface area contributed by atoms with Crippen molar-refractivity contribution in [3.63, 3.8) is 0 Å². The zero-order valence-electron chi connectivity index (χ0n) is 11.0. The van der Waals surface area contributed by atoms with E-state index in [9.17, 15) is 0 Å². The van der Waals surface area contributed by atoms with E-state index < -0.39 is 0 Å². The molecule has 0 atom stereocenters. The standard InChI is InChI=1S/C13H22ClN3/c1-4-13(6-7-13)9-15-8-11-12(14)10(3)16-17(11)5-2/h15H,4-9H2,1-3H3. The Morgan fingerprint density at radius 1 is 1.41 bits per heavy atom. The summed E-state index contributed by atoms with van der Waals surface area (Å²) in [6, 6.07) is 0. The summed E-state index contributed by atoms with van der Waals surface area (Å²) in [6.07, 6.45) is 4.02. The van der Waals surface area contributed by atoms with Gasteiger partial charge in [-0.3, -0.25) is 4.68 Å². The molecule has 0 unspecified atom stereocenters. The molecule has 1 heterocycles. The van der Waals surface area contributed by atoms with Crippen molar-refractivity contribution < 1.29 is 0 Å². The summed E-state index contributed by atoms with van der Waals surface area (Å²) >= 11 is 6.27. The van der Waals surface area contributed by atoms with Gasteiger partial charge < -0.3 is 5.32 Å². The molecule has 2 rings (SSSR count). The monoisotopic (exact) mass is 255 g/mol. The minimum atomic E-state index is 0.582. The molecular formula is C13H22ClN3. The van der Waals surface area contributed by atoms with Crippen molar-refractivity contribution in [1.29, 1.82) is 0 Å². The first-order valence-corrected chi connectivity index (χ1v) is 6.92. The minimum Gasteiger partial charge on any atom is -0.311 e. The highest BCUT2D eigenvalue weighted by Gasteiger charge is 2.39. The van der Waals surface area contributed by atoms with Crippen molar-refractivity contribution in [2.45, 2.75) is 53.1 Å². The number of hydrogen-bond donors (Lipinski definition) is 1. The second-order valence-electron chi connectivity index (χ2n) is 5.12. The molecule has 1 aromatic rings. The van der Waals surface area contributed by atoms with E-state index in [4.69, 9.17) is 11.6 Å². The topological polar surface area (TPSA) is 29.9 Å². The van der Waals surface area contributed by atoms with E-state index in [-0.39, 0.29) is 0 Å². The lowest BCUT2D eigenvalue weighted by Crippen LogP contribution is -2.24. The Balaban J connectivity index is 1.94. The molecule has 1 N–H and O–H groups in total. The Kier molecular flexibility index (Phi) is 3.79. The molecule has 1 aromatic heterocycles. The van der Waals surface area contributed by atoms with Crippen LogP contribution in [0.1, 0.15) is 44.5 Å². The van der Waals surface area contributed by atoms with Gasteiger partial charge in [-0.05, 0) is 38.5 Å². The van der Waals surface area contributed by atoms with E-state index in [0.717, 1.165) is 36.0 Å². The number of nitrogens with one attached hydrogen (secondary N) is 1. The van der Waals surface area contributed by atoms with Crippen LogP contribution in [0.25, 0.3) is 0 Å². The Bertz CT molecular complexity index is 394. The largest absolute Gasteiger partial charge is 0.311 e. The Hall–Kier alpha value is -0.540. The van der Waals surface area contributed by atoms with Crippen LogP contribution in [0.2, 0.25) is 5.02 Å². The van der Waals surface area contributed by atoms with Crippen molar-refractivity contribution in [2.24, 2.45) is 5.41 Å². The van der Waals surface area contributed by atoms with Crippen LogP contribution in [0, 0.1) is 12.3 Å². The number of rotatable bonds is 6. The van der Waals surface area contributed by atoms with Gasteiger partial charge in [0.2, 0.25) is 0 Å². The maximum Gasteiger partial charge on any atom is 0.0860 e. The third kappa shape index (κ3) is 2.66. The molecule has 1 fully saturated rings. The number of aromatic nitrogens is 2. The van der Waals surface area contributed by atoms with Gasteiger partial charge in [-0.25, -0.2) is 0 Å². The van der Waals surface area contributed by atoms with E-state index in [1.165, 1.54) is 19.3 Å². The lowest BCUT2D eigenvalue weighted by molar-refractivity contribution is 0.436. The molecule has 0 radical (unpaired) electrons. The molecule has 1 aliphatic rings. The van der Waals surface area contributed by atoms with Gasteiger partial charge in [0.15, 0.2) is 0 Å². The molecule has 1 saturated carbocycles. The van der Waals surface area contributed by atoms with Crippen LogP contribution in [-0.4, -0.2) is 16.3 Å². The maximum atomic E-state index is 6.27. The number of aryl methyl sites for hydroxylation is 2. The van der Waals surface area contributed by atoms with Crippen LogP contribution in [0.3, 0.4) is 0 Å². The fourth-order valence-electron chi connectivity index (χ4n) is 2.32. The van der Waals surface area contributed by atoms with Crippen LogP contribution in [-0.2, 0) is 13.1 Å². The molecule has 3 nitrogen and oxygen atoms in total. The van der Waals surface area contributed by atoms with E-state index in [2.05, 4.69) is 24.3 Å². The van der Waals surface area contributed by atoms with Crippen LogP contribution in [0.15, 0.2) is 0 Å². The van der Waals surface area contributed by atoms with Crippen LogP contribution < -0.4 is 5.32 Å². The second kappa shape index (κ2) is 4.99. The summed E-state index contributed by atoms with van der Waals surface area (Å²) in [5.41, 5.74) is 2.64. The van der Waals surface area contributed by atoms with Crippen molar-refractivity contribution in [2.75, 3.05) is 6.54 Å².